The predicted octanol–water partition coefficient (Wildman–Crippen LogP) is 2.64. The molecule has 1 aliphatic carbocycles. The highest BCUT2D eigenvalue weighted by Gasteiger charge is 2.29. The molecule has 0 spiro atoms. The number of nitrogens with two attached hydrogens (primary N) is 1. The van der Waals surface area contributed by atoms with Crippen LogP contribution in [0.15, 0.2) is 29.1 Å². The van der Waals surface area contributed by atoms with Crippen molar-refractivity contribution < 1.29 is 4.74 Å². The Balaban J connectivity index is 0.00000196. The van der Waals surface area contributed by atoms with Gasteiger partial charge in [0.15, 0.2) is 5.82 Å². The SMILES string of the molecule is COCc1nc(NCCCn2c(C)cccc2=O)cc(C2CC(N)C2)n1.Cl.Cl. The van der Waals surface area contributed by atoms with Crippen molar-refractivity contribution in [3.05, 3.63) is 51.8 Å². The maximum Gasteiger partial charge on any atom is 0.250 e. The topological polar surface area (TPSA) is 95.1 Å². The van der Waals surface area contributed by atoms with Crippen LogP contribution < -0.4 is 16.6 Å². The first-order valence-corrected chi connectivity index (χ1v) is 9.09. The summed E-state index contributed by atoms with van der Waals surface area (Å²) in [5.41, 5.74) is 7.96. The molecule has 0 amide bonds. The van der Waals surface area contributed by atoms with Gasteiger partial charge in [-0.15, -0.1) is 24.8 Å². The second kappa shape index (κ2) is 11.4. The molecule has 1 saturated carbocycles. The summed E-state index contributed by atoms with van der Waals surface area (Å²) < 4.78 is 6.98. The number of aromatic nitrogens is 3. The quantitative estimate of drug-likeness (QED) is 0.626. The van der Waals surface area contributed by atoms with Crippen LogP contribution in [0.2, 0.25) is 0 Å². The van der Waals surface area contributed by atoms with Gasteiger partial charge in [-0.1, -0.05) is 6.07 Å². The largest absolute Gasteiger partial charge is 0.377 e. The van der Waals surface area contributed by atoms with E-state index in [1.165, 1.54) is 0 Å². The van der Waals surface area contributed by atoms with Crippen LogP contribution in [0.3, 0.4) is 0 Å². The van der Waals surface area contributed by atoms with E-state index in [0.29, 0.717) is 24.9 Å². The number of ether oxygens (including phenoxy) is 1. The van der Waals surface area contributed by atoms with Crippen LogP contribution in [0, 0.1) is 6.92 Å². The van der Waals surface area contributed by atoms with Gasteiger partial charge in [0.1, 0.15) is 12.4 Å². The number of hydrogen-bond acceptors (Lipinski definition) is 6. The summed E-state index contributed by atoms with van der Waals surface area (Å²) in [5, 5.41) is 3.35. The molecule has 0 atom stereocenters. The third-order valence-electron chi connectivity index (χ3n) is 4.79. The molecule has 0 aromatic carbocycles. The molecule has 0 bridgehead atoms. The Bertz CT molecular complexity index is 809. The molecule has 156 valence electrons. The van der Waals surface area contributed by atoms with Crippen molar-refractivity contribution in [1.82, 2.24) is 14.5 Å². The Morgan fingerprint density at radius 2 is 2.04 bits per heavy atom. The molecule has 2 aromatic rings. The molecule has 0 unspecified atom stereocenters. The number of rotatable bonds is 8. The lowest BCUT2D eigenvalue weighted by molar-refractivity contribution is 0.177. The first-order valence-electron chi connectivity index (χ1n) is 9.09. The normalized spacial score (nSPS) is 17.8. The molecule has 0 radical (unpaired) electrons. The number of hydrogen-bond donors (Lipinski definition) is 2. The number of nitrogens with one attached hydrogen (secondary N) is 1. The smallest absolute Gasteiger partial charge is 0.250 e. The van der Waals surface area contributed by atoms with Crippen molar-refractivity contribution in [1.29, 1.82) is 0 Å². The molecule has 28 heavy (non-hydrogen) atoms. The van der Waals surface area contributed by atoms with Crippen LogP contribution in [0.25, 0.3) is 0 Å². The van der Waals surface area contributed by atoms with Crippen LogP contribution in [0.5, 0.6) is 0 Å². The van der Waals surface area contributed by atoms with Crippen LogP contribution >= 0.6 is 24.8 Å². The zero-order valence-corrected chi connectivity index (χ0v) is 17.9. The lowest BCUT2D eigenvalue weighted by Gasteiger charge is -2.32. The third-order valence-corrected chi connectivity index (χ3v) is 4.79. The van der Waals surface area contributed by atoms with Crippen LogP contribution in [-0.2, 0) is 17.9 Å². The summed E-state index contributed by atoms with van der Waals surface area (Å²) in [6.45, 7) is 3.75. The minimum Gasteiger partial charge on any atom is -0.377 e. The molecular weight excluding hydrogens is 401 g/mol. The summed E-state index contributed by atoms with van der Waals surface area (Å²) in [4.78, 5) is 21.0. The standard InChI is InChI=1S/C19H27N5O2.2ClH/c1-13-5-3-6-19(25)24(13)8-4-7-21-17-11-16(14-9-15(20)10-14)22-18(23-17)12-26-2;;/h3,5-6,11,14-15H,4,7-10,12,20H2,1-2H3,(H,21,22,23);2*1H. The van der Waals surface area contributed by atoms with Crippen molar-refractivity contribution in [2.45, 2.75) is 51.3 Å². The number of methoxy groups -OCH3 is 1. The van der Waals surface area contributed by atoms with Crippen molar-refractivity contribution in [3.8, 4) is 0 Å². The molecule has 3 N–H and O–H groups in total. The van der Waals surface area contributed by atoms with Gasteiger partial charge in [-0.05, 0) is 32.3 Å². The highest BCUT2D eigenvalue weighted by Crippen LogP contribution is 2.35. The van der Waals surface area contributed by atoms with Crippen molar-refractivity contribution in [2.24, 2.45) is 5.73 Å². The second-order valence-corrected chi connectivity index (χ2v) is 6.89. The number of pyridine rings is 1. The Kier molecular flexibility index (Phi) is 9.89. The summed E-state index contributed by atoms with van der Waals surface area (Å²) in [6, 6.07) is 7.63. The summed E-state index contributed by atoms with van der Waals surface area (Å²) in [7, 11) is 1.64. The second-order valence-electron chi connectivity index (χ2n) is 6.89. The average molecular weight is 430 g/mol. The van der Waals surface area contributed by atoms with Gasteiger partial charge in [0.25, 0.3) is 5.56 Å². The number of halogens is 2. The molecule has 3 rings (SSSR count). The van der Waals surface area contributed by atoms with E-state index >= 15 is 0 Å². The summed E-state index contributed by atoms with van der Waals surface area (Å²) in [5.74, 6) is 1.90. The molecule has 9 heteroatoms. The Morgan fingerprint density at radius 3 is 2.68 bits per heavy atom. The molecular formula is C19H29Cl2N5O2. The van der Waals surface area contributed by atoms with Crippen LogP contribution in [0.1, 0.15) is 42.4 Å². The third kappa shape index (κ3) is 6.17. The Hall–Kier alpha value is -1.67. The lowest BCUT2D eigenvalue weighted by Crippen LogP contribution is -2.35. The zero-order valence-electron chi connectivity index (χ0n) is 16.3. The average Bonchev–Trinajstić information content (AvgIpc) is 2.58. The van der Waals surface area contributed by atoms with Gasteiger partial charge in [-0.2, -0.15) is 0 Å². The zero-order chi connectivity index (χ0) is 18.5. The van der Waals surface area contributed by atoms with Gasteiger partial charge in [0.05, 0.1) is 0 Å². The van der Waals surface area contributed by atoms with Gasteiger partial charge >= 0.3 is 0 Å². The van der Waals surface area contributed by atoms with E-state index in [0.717, 1.165) is 43.0 Å². The maximum absolute atomic E-state index is 11.9. The van der Waals surface area contributed by atoms with Crippen molar-refractivity contribution in [2.75, 3.05) is 19.0 Å². The molecule has 2 aromatic heterocycles. The van der Waals surface area contributed by atoms with Crippen molar-refractivity contribution >= 4 is 30.6 Å². The van der Waals surface area contributed by atoms with Gasteiger partial charge in [-0.25, -0.2) is 9.97 Å². The maximum atomic E-state index is 11.9. The minimum absolute atomic E-state index is 0. The fraction of sp³-hybridized carbons (Fsp3) is 0.526. The van der Waals surface area contributed by atoms with Gasteiger partial charge in [-0.3, -0.25) is 4.79 Å². The van der Waals surface area contributed by atoms with Gasteiger partial charge < -0.3 is 20.4 Å². The van der Waals surface area contributed by atoms with Crippen molar-refractivity contribution in [3.63, 3.8) is 0 Å². The summed E-state index contributed by atoms with van der Waals surface area (Å²) >= 11 is 0. The van der Waals surface area contributed by atoms with Crippen LogP contribution in [-0.4, -0.2) is 34.2 Å². The molecule has 1 fully saturated rings. The van der Waals surface area contributed by atoms with Gasteiger partial charge in [0.2, 0.25) is 0 Å². The highest BCUT2D eigenvalue weighted by atomic mass is 35.5. The lowest BCUT2D eigenvalue weighted by atomic mass is 9.78. The number of nitrogens with zero attached hydrogens (tertiary/aromatic N) is 3. The van der Waals surface area contributed by atoms with E-state index in [1.54, 1.807) is 23.8 Å². The van der Waals surface area contributed by atoms with E-state index in [2.05, 4.69) is 15.3 Å². The fourth-order valence-corrected chi connectivity index (χ4v) is 3.28. The monoisotopic (exact) mass is 429 g/mol. The molecule has 0 saturated heterocycles. The van der Waals surface area contributed by atoms with E-state index in [1.807, 2.05) is 19.1 Å². The number of aryl methyl sites for hydroxylation is 1. The predicted molar refractivity (Wildman–Crippen MR) is 116 cm³/mol. The first-order chi connectivity index (χ1) is 12.6. The summed E-state index contributed by atoms with van der Waals surface area (Å²) in [6.07, 6.45) is 2.77. The van der Waals surface area contributed by atoms with E-state index < -0.39 is 0 Å². The number of anilines is 1. The fourth-order valence-electron chi connectivity index (χ4n) is 3.28. The van der Waals surface area contributed by atoms with E-state index in [-0.39, 0.29) is 36.4 Å². The highest BCUT2D eigenvalue weighted by molar-refractivity contribution is 5.85. The Labute approximate surface area is 177 Å². The van der Waals surface area contributed by atoms with E-state index in [9.17, 15) is 4.79 Å². The molecule has 2 heterocycles. The van der Waals surface area contributed by atoms with Crippen LogP contribution in [0.4, 0.5) is 5.82 Å². The Morgan fingerprint density at radius 1 is 1.29 bits per heavy atom. The molecule has 1 aliphatic rings. The minimum atomic E-state index is 0. The van der Waals surface area contributed by atoms with Gasteiger partial charge in [0, 0.05) is 55.7 Å². The molecule has 0 aliphatic heterocycles. The van der Waals surface area contributed by atoms with E-state index in [4.69, 9.17) is 10.5 Å². The molecule has 7 nitrogen and oxygen atoms in total. The first kappa shape index (κ1) is 24.4.